The Bertz CT molecular complexity index is 6.00. The predicted molar refractivity (Wildman–Crippen MR) is 23.0 cm³/mol. The monoisotopic (exact) mass is 108 g/mol. The first-order chi connectivity index (χ1) is 0. The fraction of sp³-hybridized carbons (Fsp3) is 0. The van der Waals surface area contributed by atoms with Crippen LogP contribution < -0.4 is 0 Å². The van der Waals surface area contributed by atoms with Crippen molar-refractivity contribution in [2.75, 3.05) is 0 Å². The van der Waals surface area contributed by atoms with Crippen molar-refractivity contribution < 1.29 is 0 Å². The molecule has 0 bridgehead atoms. The second kappa shape index (κ2) is 15.7. The second-order valence-electron chi connectivity index (χ2n) is 0. The Balaban J connectivity index is 0. The summed E-state index contributed by atoms with van der Waals surface area (Å²) in [5.74, 6) is 0. The van der Waals surface area contributed by atoms with Gasteiger partial charge in [0.25, 0.3) is 0 Å². The molecule has 4 radical (unpaired) electrons. The molecular weight excluding hydrogens is 108 g/mol. The molecule has 0 fully saturated rings. The molecule has 4 heavy (non-hydrogen) atoms. The maximum Gasteiger partial charge on any atom is 0 e. The third-order valence-corrected chi connectivity index (χ3v) is 0. The van der Waals surface area contributed by atoms with Crippen molar-refractivity contribution in [2.45, 2.75) is 0 Å². The van der Waals surface area contributed by atoms with Gasteiger partial charge in [-0.2, -0.15) is 0 Å². The molecule has 0 saturated carbocycles. The Morgan fingerprint density at radius 2 is 0.750 bits per heavy atom. The van der Waals surface area contributed by atoms with Gasteiger partial charge in [0.1, 0.15) is 0 Å². The maximum atomic E-state index is 0. The fourth-order valence-electron chi connectivity index (χ4n) is 0. The topological polar surface area (TPSA) is 0 Å². The quantitative estimate of drug-likeness (QED) is 0.330. The van der Waals surface area contributed by atoms with Crippen LogP contribution >= 0.6 is 0 Å². The van der Waals surface area contributed by atoms with Crippen LogP contribution in [0.25, 0.3) is 0 Å². The zero-order valence-electron chi connectivity index (χ0n) is 4.00. The summed E-state index contributed by atoms with van der Waals surface area (Å²) in [6.45, 7) is 0. The summed E-state index contributed by atoms with van der Waals surface area (Å²) < 4.78 is 0. The van der Waals surface area contributed by atoms with E-state index in [1.807, 2.05) is 0 Å². The van der Waals surface area contributed by atoms with Crippen molar-refractivity contribution in [3.63, 3.8) is 0 Å². The standard InChI is InChI=1S/2K.Li.Na. The summed E-state index contributed by atoms with van der Waals surface area (Å²) >= 11 is 0. The van der Waals surface area contributed by atoms with Crippen LogP contribution in [0.3, 0.4) is 0 Å². The van der Waals surface area contributed by atoms with E-state index in [4.69, 9.17) is 0 Å². The second-order valence-corrected chi connectivity index (χ2v) is 0. The normalized spacial score (nSPS) is 0. The van der Waals surface area contributed by atoms with Gasteiger partial charge >= 0.3 is 0 Å². The third-order valence-electron chi connectivity index (χ3n) is 0. The smallest absolute Gasteiger partial charge is 0 e. The van der Waals surface area contributed by atoms with Crippen molar-refractivity contribution in [2.24, 2.45) is 0 Å². The van der Waals surface area contributed by atoms with Gasteiger partial charge in [-0.15, -0.1) is 0 Å². The van der Waals surface area contributed by atoms with Gasteiger partial charge in [-0.05, 0) is 0 Å². The Morgan fingerprint density at radius 3 is 0.750 bits per heavy atom. The molecule has 0 N–H and O–H groups in total. The van der Waals surface area contributed by atoms with E-state index in [0.29, 0.717) is 0 Å². The Kier molecular flexibility index (Phi) is 90.7. The van der Waals surface area contributed by atoms with Crippen LogP contribution in [0.15, 0.2) is 0 Å². The maximum absolute atomic E-state index is 0. The summed E-state index contributed by atoms with van der Waals surface area (Å²) in [6, 6.07) is 0. The molecule has 0 saturated heterocycles. The molecule has 0 amide bonds. The molecule has 0 nitrogen and oxygen atoms in total. The zero-order chi connectivity index (χ0) is 0. The predicted octanol–water partition coefficient (Wildman–Crippen LogP) is -1.52. The number of rotatable bonds is 0. The van der Waals surface area contributed by atoms with E-state index in [0.717, 1.165) is 0 Å². The Labute approximate surface area is 146 Å². The summed E-state index contributed by atoms with van der Waals surface area (Å²) in [6.07, 6.45) is 0. The van der Waals surface area contributed by atoms with Crippen molar-refractivity contribution in [1.82, 2.24) is 0 Å². The molecule has 0 unspecified atom stereocenters. The largest absolute Gasteiger partial charge is 0 e. The summed E-state index contributed by atoms with van der Waals surface area (Å²) in [4.78, 5) is 0. The van der Waals surface area contributed by atoms with Gasteiger partial charge in [0.05, 0.1) is 0 Å². The minimum absolute atomic E-state index is 0. The minimum Gasteiger partial charge on any atom is 0 e. The van der Waals surface area contributed by atoms with E-state index in [9.17, 15) is 0 Å². The van der Waals surface area contributed by atoms with Crippen molar-refractivity contribution >= 4 is 151 Å². The van der Waals surface area contributed by atoms with Crippen molar-refractivity contribution in [3.8, 4) is 0 Å². The molecule has 0 spiro atoms. The van der Waals surface area contributed by atoms with Crippen molar-refractivity contribution in [1.29, 1.82) is 0 Å². The summed E-state index contributed by atoms with van der Waals surface area (Å²) in [5, 5.41) is 0. The molecule has 0 aliphatic carbocycles. The van der Waals surface area contributed by atoms with Gasteiger partial charge in [0.15, 0.2) is 0 Å². The fourth-order valence-corrected chi connectivity index (χ4v) is 0. The van der Waals surface area contributed by atoms with Crippen LogP contribution in [0.2, 0.25) is 0 Å². The van der Waals surface area contributed by atoms with Gasteiger partial charge in [0.2, 0.25) is 0 Å². The van der Waals surface area contributed by atoms with Gasteiger partial charge < -0.3 is 0 Å². The van der Waals surface area contributed by atoms with Crippen LogP contribution in [0, 0.1) is 0 Å². The van der Waals surface area contributed by atoms with Crippen LogP contribution in [-0.4, -0.2) is 151 Å². The van der Waals surface area contributed by atoms with Crippen LogP contribution in [0.1, 0.15) is 0 Å². The molecule has 0 aromatic rings. The molecule has 0 heterocycles. The minimum atomic E-state index is 0. The molecule has 0 atom stereocenters. The Morgan fingerprint density at radius 1 is 0.750 bits per heavy atom. The van der Waals surface area contributed by atoms with Crippen LogP contribution in [0.4, 0.5) is 0 Å². The SMILES string of the molecule is [K].[K].[Li].[Na]. The molecule has 0 aromatic carbocycles. The van der Waals surface area contributed by atoms with E-state index in [2.05, 4.69) is 0 Å². The molecule has 0 aliphatic heterocycles. The Hall–Kier alpha value is 4.87. The molecule has 0 aliphatic rings. The average molecular weight is 108 g/mol. The molecule has 4 valence electrons. The van der Waals surface area contributed by atoms with E-state index in [1.54, 1.807) is 0 Å². The van der Waals surface area contributed by atoms with Gasteiger partial charge in [-0.1, -0.05) is 0 Å². The first kappa shape index (κ1) is 23.2. The third kappa shape index (κ3) is 9.98. The zero-order valence-corrected chi connectivity index (χ0v) is 12.2. The van der Waals surface area contributed by atoms with Gasteiger partial charge in [-0.3, -0.25) is 0 Å². The van der Waals surface area contributed by atoms with E-state index in [-0.39, 0.29) is 151 Å². The molecular formula is K2LiNa. The molecule has 4 heteroatoms. The van der Waals surface area contributed by atoms with Gasteiger partial charge in [0, 0.05) is 151 Å². The van der Waals surface area contributed by atoms with E-state index >= 15 is 0 Å². The van der Waals surface area contributed by atoms with Crippen molar-refractivity contribution in [3.05, 3.63) is 0 Å². The first-order valence-electron chi connectivity index (χ1n) is 0. The summed E-state index contributed by atoms with van der Waals surface area (Å²) in [5.41, 5.74) is 0. The van der Waals surface area contributed by atoms with Gasteiger partial charge in [-0.25, -0.2) is 0 Å². The first-order valence-corrected chi connectivity index (χ1v) is 0. The number of hydrogen-bond acceptors (Lipinski definition) is 0. The number of hydrogen-bond donors (Lipinski definition) is 0. The summed E-state index contributed by atoms with van der Waals surface area (Å²) in [7, 11) is 0. The average Bonchev–Trinajstić information content (AvgIpc) is 0. The molecule has 0 aromatic heterocycles. The van der Waals surface area contributed by atoms with E-state index < -0.39 is 0 Å². The van der Waals surface area contributed by atoms with Crippen LogP contribution in [0.5, 0.6) is 0 Å². The molecule has 0 rings (SSSR count). The van der Waals surface area contributed by atoms with E-state index in [1.165, 1.54) is 0 Å². The van der Waals surface area contributed by atoms with Crippen LogP contribution in [-0.2, 0) is 0 Å².